The van der Waals surface area contributed by atoms with Gasteiger partial charge in [-0.15, -0.1) is 0 Å². The van der Waals surface area contributed by atoms with Gasteiger partial charge in [-0.05, 0) is 0 Å². The molecule has 3 atom stereocenters. The third-order valence-electron chi connectivity index (χ3n) is 1.29. The van der Waals surface area contributed by atoms with Crippen LogP contribution in [0.2, 0.25) is 0 Å². The van der Waals surface area contributed by atoms with Crippen molar-refractivity contribution in [1.29, 1.82) is 0 Å². The summed E-state index contributed by atoms with van der Waals surface area (Å²) in [7, 11) is -5.24. The van der Waals surface area contributed by atoms with Gasteiger partial charge >= 0.3 is 48.9 Å². The Kier molecular flexibility index (Phi) is 42.9. The van der Waals surface area contributed by atoms with Crippen LogP contribution in [0.1, 0.15) is 0 Å². The van der Waals surface area contributed by atoms with E-state index < -0.39 is 32.7 Å². The Morgan fingerprint density at radius 3 is 1.65 bits per heavy atom. The van der Waals surface area contributed by atoms with E-state index >= 15 is 0 Å². The average molecular weight is 455 g/mol. The number of aldehydes is 1. The fourth-order valence-corrected chi connectivity index (χ4v) is 0.910. The van der Waals surface area contributed by atoms with Gasteiger partial charge in [0.2, 0.25) is 0 Å². The first-order valence-electron chi connectivity index (χ1n) is 3.44. The normalized spacial score (nSPS) is 13.1. The summed E-state index contributed by atoms with van der Waals surface area (Å²) in [6.07, 6.45) is -5.67. The first-order chi connectivity index (χ1) is 6.28. The number of carbonyl (C=O) groups is 1. The van der Waals surface area contributed by atoms with Gasteiger partial charge in [-0.3, -0.25) is 0 Å². The van der Waals surface area contributed by atoms with E-state index in [1.165, 1.54) is 0 Å². The molecular weight excluding hydrogens is 436 g/mol. The van der Waals surface area contributed by atoms with Crippen molar-refractivity contribution in [2.75, 3.05) is 6.61 Å². The van der Waals surface area contributed by atoms with E-state index in [1.807, 2.05) is 0 Å². The first-order valence-corrected chi connectivity index (χ1v) is 4.90. The predicted octanol–water partition coefficient (Wildman–Crippen LogP) is -8.39. The summed E-state index contributed by atoms with van der Waals surface area (Å²) >= 11 is 0. The van der Waals surface area contributed by atoms with Crippen LogP contribution in [-0.2, 0) is 13.9 Å². The Morgan fingerprint density at radius 1 is 1.05 bits per heavy atom. The minimum Gasteiger partial charge on any atom is -0.790 e. The minimum atomic E-state index is -5.24. The Bertz CT molecular complexity index is 233. The Hall–Kier alpha value is 1.03. The maximum absolute atomic E-state index is 9.92. The molecule has 0 radical (unpaired) electrons. The molecule has 13 nitrogen and oxygen atoms in total. The molecule has 0 aliphatic rings. The number of aliphatic hydroxyl groups is 3. The largest absolute Gasteiger partial charge is 2.00 e. The molecule has 0 aromatic rings. The van der Waals surface area contributed by atoms with Gasteiger partial charge in [-0.2, -0.15) is 0 Å². The van der Waals surface area contributed by atoms with Gasteiger partial charge < -0.3 is 66.4 Å². The van der Waals surface area contributed by atoms with Crippen LogP contribution < -0.4 is 9.79 Å². The first kappa shape index (κ1) is 42.9. The number of aliphatic hydroxyl groups excluding tert-OH is 3. The molecule has 0 saturated heterocycles. The van der Waals surface area contributed by atoms with Crippen LogP contribution in [0.5, 0.6) is 0 Å². The van der Waals surface area contributed by atoms with Crippen LogP contribution in [0.3, 0.4) is 0 Å². The monoisotopic (exact) mass is 456 g/mol. The van der Waals surface area contributed by atoms with Gasteiger partial charge in [-0.25, -0.2) is 0 Å². The molecule has 0 aliphatic carbocycles. The molecule has 15 heteroatoms. The van der Waals surface area contributed by atoms with Gasteiger partial charge in [0.1, 0.15) is 18.3 Å². The second-order valence-corrected chi connectivity index (χ2v) is 3.58. The van der Waals surface area contributed by atoms with Crippen molar-refractivity contribution in [3.05, 3.63) is 0 Å². The van der Waals surface area contributed by atoms with E-state index in [4.69, 9.17) is 15.3 Å². The van der Waals surface area contributed by atoms with E-state index in [2.05, 4.69) is 4.52 Å². The van der Waals surface area contributed by atoms with Crippen LogP contribution in [0.4, 0.5) is 0 Å². The van der Waals surface area contributed by atoms with E-state index in [0.29, 0.717) is 0 Å². The number of phosphoric acid groups is 1. The summed E-state index contributed by atoms with van der Waals surface area (Å²) in [5.74, 6) is 0. The van der Waals surface area contributed by atoms with E-state index in [-0.39, 0.29) is 82.5 Å². The van der Waals surface area contributed by atoms with E-state index in [9.17, 15) is 19.1 Å². The summed E-state index contributed by atoms with van der Waals surface area (Å²) in [5, 5.41) is 26.4. The van der Waals surface area contributed by atoms with Gasteiger partial charge in [0.05, 0.1) is 14.4 Å². The summed E-state index contributed by atoms with van der Waals surface area (Å²) in [5.41, 5.74) is 0. The molecule has 0 unspecified atom stereocenters. The number of hydrogen-bond donors (Lipinski definition) is 3. The predicted molar refractivity (Wildman–Crippen MR) is 61.5 cm³/mol. The van der Waals surface area contributed by atoms with Gasteiger partial charge in [0.25, 0.3) is 0 Å². The van der Waals surface area contributed by atoms with Crippen molar-refractivity contribution < 1.29 is 66.4 Å². The zero-order valence-electron chi connectivity index (χ0n) is 10.1. The molecule has 0 aromatic heterocycles. The third kappa shape index (κ3) is 21.3. The molecule has 0 heterocycles. The van der Waals surface area contributed by atoms with Crippen LogP contribution in [0.15, 0.2) is 0 Å². The van der Waals surface area contributed by atoms with Gasteiger partial charge in [0.15, 0.2) is 6.29 Å². The fourth-order valence-electron chi connectivity index (χ4n) is 0.574. The summed E-state index contributed by atoms with van der Waals surface area (Å²) in [6.45, 7) is -1.02. The standard InChI is InChI=1S/C5H11O8P.Ba.5H2O/c6-1-3(7)5(9)4(8)2-13-14(10,11)12;;;;;;/h1,3-5,7-9H,2H2,(H2,10,11,12);;5*1H2/q;+2;;;;;/p-2/t3-,4+,5-;;;;;;/m0....../s1. The number of rotatable bonds is 6. The quantitative estimate of drug-likeness (QED) is 0.195. The molecule has 0 aromatic carbocycles. The number of hydrogen-bond acceptors (Lipinski definition) is 8. The Labute approximate surface area is 153 Å². The smallest absolute Gasteiger partial charge is 0.790 e. The Morgan fingerprint density at radius 2 is 1.40 bits per heavy atom. The zero-order valence-corrected chi connectivity index (χ0v) is 15.4. The maximum Gasteiger partial charge on any atom is 2.00 e. The van der Waals surface area contributed by atoms with Crippen molar-refractivity contribution >= 4 is 63.0 Å². The molecule has 0 fully saturated rings. The molecule has 0 aliphatic heterocycles. The summed E-state index contributed by atoms with van der Waals surface area (Å²) in [4.78, 5) is 29.8. The van der Waals surface area contributed by atoms with Crippen molar-refractivity contribution in [3.63, 3.8) is 0 Å². The number of carbonyl (C=O) groups excluding carboxylic acids is 1. The molecule has 0 bridgehead atoms. The van der Waals surface area contributed by atoms with Crippen molar-refractivity contribution in [3.8, 4) is 0 Å². The SMILES string of the molecule is O.O.O.O.O.O=C[C@H](O)[C@H](O)[C@H](O)COP(=O)([O-])[O-].[Ba+2]. The van der Waals surface area contributed by atoms with Crippen LogP contribution in [0, 0.1) is 0 Å². The molecule has 0 rings (SSSR count). The molecular formula is C5H19BaO13P. The summed E-state index contributed by atoms with van der Waals surface area (Å²) in [6, 6.07) is 0. The van der Waals surface area contributed by atoms with Crippen molar-refractivity contribution in [1.82, 2.24) is 0 Å². The van der Waals surface area contributed by atoms with Crippen LogP contribution in [0.25, 0.3) is 0 Å². The number of phosphoric ester groups is 1. The molecule has 13 N–H and O–H groups in total. The summed E-state index contributed by atoms with van der Waals surface area (Å²) < 4.78 is 13.5. The second kappa shape index (κ2) is 20.0. The molecule has 0 amide bonds. The second-order valence-electron chi connectivity index (χ2n) is 2.43. The third-order valence-corrected chi connectivity index (χ3v) is 1.75. The topological polar surface area (TPSA) is 308 Å². The maximum atomic E-state index is 9.92. The Balaban J connectivity index is -0.0000000563. The molecule has 0 spiro atoms. The van der Waals surface area contributed by atoms with Crippen LogP contribution in [-0.4, -0.2) is 123 Å². The fraction of sp³-hybridized carbons (Fsp3) is 0.800. The van der Waals surface area contributed by atoms with Crippen LogP contribution >= 0.6 is 7.82 Å². The molecule has 20 heavy (non-hydrogen) atoms. The van der Waals surface area contributed by atoms with Crippen molar-refractivity contribution in [2.24, 2.45) is 0 Å². The van der Waals surface area contributed by atoms with Gasteiger partial charge in [0, 0.05) is 0 Å². The van der Waals surface area contributed by atoms with E-state index in [0.717, 1.165) is 0 Å². The van der Waals surface area contributed by atoms with Gasteiger partial charge in [-0.1, -0.05) is 0 Å². The van der Waals surface area contributed by atoms with E-state index in [1.54, 1.807) is 0 Å². The zero-order chi connectivity index (χ0) is 11.4. The van der Waals surface area contributed by atoms with Crippen molar-refractivity contribution in [2.45, 2.75) is 18.3 Å². The molecule has 0 saturated carbocycles. The minimum absolute atomic E-state index is 0. The molecule has 124 valence electrons. The average Bonchev–Trinajstić information content (AvgIpc) is 2.10.